The van der Waals surface area contributed by atoms with Crippen molar-refractivity contribution in [2.45, 2.75) is 46.1 Å². The Morgan fingerprint density at radius 2 is 2.09 bits per heavy atom. The average Bonchev–Trinajstić information content (AvgIpc) is 2.48. The van der Waals surface area contributed by atoms with Gasteiger partial charge in [0, 0.05) is 13.1 Å². The van der Waals surface area contributed by atoms with E-state index in [1.54, 1.807) is 11.0 Å². The number of rotatable bonds is 5. The van der Waals surface area contributed by atoms with Gasteiger partial charge in [-0.05, 0) is 44.7 Å². The van der Waals surface area contributed by atoms with Gasteiger partial charge >= 0.3 is 0 Å². The molecule has 1 aromatic carbocycles. The summed E-state index contributed by atoms with van der Waals surface area (Å²) in [5.74, 6) is 0.732. The smallest absolute Gasteiger partial charge is 0.233 e. The average molecular weight is 318 g/mol. The number of piperidine rings is 1. The minimum Gasteiger partial charge on any atom is -0.489 e. The molecule has 1 heterocycles. The van der Waals surface area contributed by atoms with E-state index in [1.807, 2.05) is 32.0 Å². The van der Waals surface area contributed by atoms with Crippen LogP contribution >= 0.6 is 0 Å². The lowest BCUT2D eigenvalue weighted by molar-refractivity contribution is -0.136. The van der Waals surface area contributed by atoms with E-state index in [4.69, 9.17) is 4.74 Å². The minimum absolute atomic E-state index is 0.0181. The van der Waals surface area contributed by atoms with E-state index in [-0.39, 0.29) is 24.3 Å². The van der Waals surface area contributed by atoms with Crippen molar-refractivity contribution in [2.75, 3.05) is 18.4 Å². The molecule has 0 saturated carbocycles. The number of para-hydroxylation sites is 2. The highest BCUT2D eigenvalue weighted by Crippen LogP contribution is 2.25. The van der Waals surface area contributed by atoms with Gasteiger partial charge in [0.2, 0.25) is 11.8 Å². The van der Waals surface area contributed by atoms with Crippen molar-refractivity contribution < 1.29 is 14.3 Å². The van der Waals surface area contributed by atoms with Crippen LogP contribution in [0.3, 0.4) is 0 Å². The molecule has 1 aromatic rings. The maximum atomic E-state index is 12.2. The summed E-state index contributed by atoms with van der Waals surface area (Å²) >= 11 is 0. The van der Waals surface area contributed by atoms with Crippen LogP contribution in [0.1, 0.15) is 40.0 Å². The number of amides is 2. The zero-order valence-electron chi connectivity index (χ0n) is 14.2. The van der Waals surface area contributed by atoms with Crippen LogP contribution in [0.5, 0.6) is 5.75 Å². The fourth-order valence-electron chi connectivity index (χ4n) is 2.79. The van der Waals surface area contributed by atoms with Crippen LogP contribution in [0.4, 0.5) is 5.69 Å². The first-order valence-corrected chi connectivity index (χ1v) is 8.29. The molecule has 2 rings (SSSR count). The highest BCUT2D eigenvalue weighted by Gasteiger charge is 2.23. The molecule has 0 aromatic heterocycles. The largest absolute Gasteiger partial charge is 0.489 e. The van der Waals surface area contributed by atoms with Gasteiger partial charge in [0.15, 0.2) is 0 Å². The molecule has 5 heteroatoms. The molecule has 2 amide bonds. The molecule has 0 bridgehead atoms. The number of likely N-dealkylation sites (tertiary alicyclic amines) is 1. The molecular formula is C18H26N2O3. The third kappa shape index (κ3) is 5.27. The first-order valence-electron chi connectivity index (χ1n) is 8.29. The van der Waals surface area contributed by atoms with E-state index >= 15 is 0 Å². The number of nitrogens with one attached hydrogen (secondary N) is 1. The summed E-state index contributed by atoms with van der Waals surface area (Å²) in [4.78, 5) is 26.2. The predicted molar refractivity (Wildman–Crippen MR) is 90.4 cm³/mol. The molecule has 23 heavy (non-hydrogen) atoms. The van der Waals surface area contributed by atoms with Crippen molar-refractivity contribution in [1.82, 2.24) is 4.90 Å². The van der Waals surface area contributed by atoms with Crippen molar-refractivity contribution in [3.05, 3.63) is 24.3 Å². The number of benzene rings is 1. The number of nitrogens with zero attached hydrogens (tertiary/aromatic N) is 1. The Labute approximate surface area is 138 Å². The Bertz CT molecular complexity index is 557. The predicted octanol–water partition coefficient (Wildman–Crippen LogP) is 3.06. The second-order valence-electron chi connectivity index (χ2n) is 6.47. The molecule has 5 nitrogen and oxygen atoms in total. The second-order valence-corrected chi connectivity index (χ2v) is 6.47. The van der Waals surface area contributed by atoms with Gasteiger partial charge in [0.25, 0.3) is 0 Å². The van der Waals surface area contributed by atoms with Gasteiger partial charge in [-0.1, -0.05) is 19.1 Å². The van der Waals surface area contributed by atoms with E-state index in [0.717, 1.165) is 25.9 Å². The van der Waals surface area contributed by atoms with Gasteiger partial charge in [-0.3, -0.25) is 9.59 Å². The van der Waals surface area contributed by atoms with Crippen molar-refractivity contribution in [1.29, 1.82) is 0 Å². The highest BCUT2D eigenvalue weighted by atomic mass is 16.5. The quantitative estimate of drug-likeness (QED) is 0.849. The Kier molecular flexibility index (Phi) is 6.02. The normalized spacial score (nSPS) is 17.9. The van der Waals surface area contributed by atoms with Crippen LogP contribution in [-0.2, 0) is 9.59 Å². The second kappa shape index (κ2) is 7.99. The first-order chi connectivity index (χ1) is 11.0. The summed E-state index contributed by atoms with van der Waals surface area (Å²) < 4.78 is 5.67. The molecule has 1 atom stereocenters. The Balaban J connectivity index is 1.93. The number of ether oxygens (including phenoxy) is 1. The van der Waals surface area contributed by atoms with Crippen LogP contribution in [0.25, 0.3) is 0 Å². The van der Waals surface area contributed by atoms with Crippen LogP contribution in [0.15, 0.2) is 24.3 Å². The maximum Gasteiger partial charge on any atom is 0.233 e. The van der Waals surface area contributed by atoms with Gasteiger partial charge in [-0.15, -0.1) is 0 Å². The molecule has 126 valence electrons. The number of carbonyl (C=O) groups is 2. The van der Waals surface area contributed by atoms with Crippen LogP contribution < -0.4 is 10.1 Å². The summed E-state index contributed by atoms with van der Waals surface area (Å²) in [6, 6.07) is 7.28. The van der Waals surface area contributed by atoms with E-state index in [2.05, 4.69) is 12.2 Å². The topological polar surface area (TPSA) is 58.6 Å². The molecular weight excluding hydrogens is 292 g/mol. The molecule has 1 aliphatic heterocycles. The zero-order valence-corrected chi connectivity index (χ0v) is 14.2. The molecule has 1 aliphatic rings. The minimum atomic E-state index is -0.298. The van der Waals surface area contributed by atoms with E-state index in [0.29, 0.717) is 17.4 Å². The fourth-order valence-corrected chi connectivity index (χ4v) is 2.79. The molecule has 0 aliphatic carbocycles. The third-order valence-corrected chi connectivity index (χ3v) is 3.85. The van der Waals surface area contributed by atoms with E-state index in [1.165, 1.54) is 0 Å². The van der Waals surface area contributed by atoms with Crippen LogP contribution in [-0.4, -0.2) is 35.9 Å². The van der Waals surface area contributed by atoms with Gasteiger partial charge in [-0.25, -0.2) is 0 Å². The summed E-state index contributed by atoms with van der Waals surface area (Å²) in [6.45, 7) is 7.50. The number of anilines is 1. The van der Waals surface area contributed by atoms with Crippen molar-refractivity contribution in [2.24, 2.45) is 5.92 Å². The van der Waals surface area contributed by atoms with Crippen LogP contribution in [0, 0.1) is 5.92 Å². The van der Waals surface area contributed by atoms with E-state index < -0.39 is 0 Å². The molecule has 0 spiro atoms. The molecule has 1 N–H and O–H groups in total. The number of hydrogen-bond acceptors (Lipinski definition) is 3. The zero-order chi connectivity index (χ0) is 16.8. The van der Waals surface area contributed by atoms with E-state index in [9.17, 15) is 9.59 Å². The highest BCUT2D eigenvalue weighted by molar-refractivity contribution is 6.04. The standard InChI is InChI=1S/C18H26N2O3/c1-13(2)23-16-9-5-4-8-15(16)19-17(21)11-18(22)20-10-6-7-14(3)12-20/h4-5,8-9,13-14H,6-7,10-12H2,1-3H3,(H,19,21). The molecule has 1 fully saturated rings. The summed E-state index contributed by atoms with van der Waals surface area (Å²) in [7, 11) is 0. The summed E-state index contributed by atoms with van der Waals surface area (Å²) in [5, 5.41) is 2.79. The monoisotopic (exact) mass is 318 g/mol. The van der Waals surface area contributed by atoms with Crippen LogP contribution in [0.2, 0.25) is 0 Å². The van der Waals surface area contributed by atoms with Gasteiger partial charge in [-0.2, -0.15) is 0 Å². The van der Waals surface area contributed by atoms with Crippen molar-refractivity contribution in [3.8, 4) is 5.75 Å². The van der Waals surface area contributed by atoms with Crippen molar-refractivity contribution >= 4 is 17.5 Å². The Morgan fingerprint density at radius 3 is 2.78 bits per heavy atom. The van der Waals surface area contributed by atoms with Gasteiger partial charge < -0.3 is 15.0 Å². The van der Waals surface area contributed by atoms with Gasteiger partial charge in [0.05, 0.1) is 11.8 Å². The molecule has 0 radical (unpaired) electrons. The number of carbonyl (C=O) groups excluding carboxylic acids is 2. The van der Waals surface area contributed by atoms with Crippen molar-refractivity contribution in [3.63, 3.8) is 0 Å². The number of hydrogen-bond donors (Lipinski definition) is 1. The lowest BCUT2D eigenvalue weighted by Gasteiger charge is -2.30. The van der Waals surface area contributed by atoms with Gasteiger partial charge in [0.1, 0.15) is 12.2 Å². The fraction of sp³-hybridized carbons (Fsp3) is 0.556. The molecule has 1 saturated heterocycles. The lowest BCUT2D eigenvalue weighted by atomic mass is 10.00. The Hall–Kier alpha value is -2.04. The maximum absolute atomic E-state index is 12.2. The third-order valence-electron chi connectivity index (χ3n) is 3.85. The lowest BCUT2D eigenvalue weighted by Crippen LogP contribution is -2.40. The first kappa shape index (κ1) is 17.3. The SMILES string of the molecule is CC1CCCN(C(=O)CC(=O)Nc2ccccc2OC(C)C)C1. The summed E-state index contributed by atoms with van der Waals surface area (Å²) in [6.07, 6.45) is 2.06. The summed E-state index contributed by atoms with van der Waals surface area (Å²) in [5.41, 5.74) is 0.603. The Morgan fingerprint density at radius 1 is 1.35 bits per heavy atom. The molecule has 1 unspecified atom stereocenters.